The molecule has 1 amide bonds. The van der Waals surface area contributed by atoms with Crippen molar-refractivity contribution in [2.45, 2.75) is 25.1 Å². The van der Waals surface area contributed by atoms with Crippen molar-refractivity contribution >= 4 is 17.4 Å². The molecule has 140 valence electrons. The minimum Gasteiger partial charge on any atom is -0.378 e. The molecule has 0 bridgehead atoms. The first-order chi connectivity index (χ1) is 12.4. The average Bonchev–Trinajstić information content (AvgIpc) is 3.27. The summed E-state index contributed by atoms with van der Waals surface area (Å²) in [5.41, 5.74) is 0.0105. The van der Waals surface area contributed by atoms with Gasteiger partial charge in [-0.15, -0.1) is 15.3 Å². The Balaban J connectivity index is 1.64. The van der Waals surface area contributed by atoms with E-state index in [4.69, 9.17) is 4.74 Å². The van der Waals surface area contributed by atoms with E-state index in [-0.39, 0.29) is 11.6 Å². The Bertz CT molecular complexity index is 817. The summed E-state index contributed by atoms with van der Waals surface area (Å²) in [5, 5.41) is 10.7. The van der Waals surface area contributed by atoms with Crippen LogP contribution in [-0.2, 0) is 15.7 Å². The zero-order chi connectivity index (χ0) is 18.3. The molecule has 0 N–H and O–H groups in total. The van der Waals surface area contributed by atoms with Crippen LogP contribution in [0.25, 0.3) is 5.65 Å². The van der Waals surface area contributed by atoms with Gasteiger partial charge in [-0.2, -0.15) is 17.7 Å². The van der Waals surface area contributed by atoms with Crippen LogP contribution in [0.3, 0.4) is 0 Å². The molecule has 8 nitrogen and oxygen atoms in total. The molecule has 2 aliphatic heterocycles. The lowest BCUT2D eigenvalue weighted by Crippen LogP contribution is -2.50. The van der Waals surface area contributed by atoms with Crippen LogP contribution in [0.15, 0.2) is 12.1 Å². The molecule has 0 radical (unpaired) electrons. The maximum atomic E-state index is 13.1. The minimum atomic E-state index is -4.65. The summed E-state index contributed by atoms with van der Waals surface area (Å²) in [6.45, 7) is 2.61. The maximum Gasteiger partial charge on any atom is 0.453 e. The van der Waals surface area contributed by atoms with Gasteiger partial charge in [0.25, 0.3) is 5.82 Å². The Hall–Kier alpha value is -2.43. The third-order valence-electron chi connectivity index (χ3n) is 4.66. The van der Waals surface area contributed by atoms with Crippen molar-refractivity contribution in [1.29, 1.82) is 0 Å². The molecule has 0 aromatic carbocycles. The molecule has 1 unspecified atom stereocenters. The van der Waals surface area contributed by atoms with Gasteiger partial charge < -0.3 is 14.5 Å². The predicted octanol–water partition coefficient (Wildman–Crippen LogP) is 0.971. The molecule has 2 aromatic rings. The first-order valence-electron chi connectivity index (χ1n) is 8.38. The lowest BCUT2D eigenvalue weighted by atomic mass is 10.2. The van der Waals surface area contributed by atoms with Crippen LogP contribution < -0.4 is 4.90 Å². The number of aromatic nitrogens is 4. The van der Waals surface area contributed by atoms with Crippen molar-refractivity contribution in [3.8, 4) is 0 Å². The van der Waals surface area contributed by atoms with Crippen molar-refractivity contribution in [2.24, 2.45) is 0 Å². The van der Waals surface area contributed by atoms with E-state index in [2.05, 4.69) is 15.3 Å². The maximum absolute atomic E-state index is 13.1. The van der Waals surface area contributed by atoms with Crippen molar-refractivity contribution < 1.29 is 22.7 Å². The van der Waals surface area contributed by atoms with Crippen LogP contribution in [-0.4, -0.2) is 69.5 Å². The number of hydrogen-bond donors (Lipinski definition) is 0. The van der Waals surface area contributed by atoms with Crippen molar-refractivity contribution in [3.05, 3.63) is 18.0 Å². The highest BCUT2D eigenvalue weighted by molar-refractivity contribution is 5.85. The monoisotopic (exact) mass is 370 g/mol. The molecule has 11 heteroatoms. The van der Waals surface area contributed by atoms with E-state index < -0.39 is 18.0 Å². The number of ether oxygens (including phenoxy) is 1. The van der Waals surface area contributed by atoms with Crippen LogP contribution in [0.2, 0.25) is 0 Å². The van der Waals surface area contributed by atoms with Crippen molar-refractivity contribution in [1.82, 2.24) is 24.7 Å². The molecule has 2 fully saturated rings. The highest BCUT2D eigenvalue weighted by Crippen LogP contribution is 2.29. The smallest absolute Gasteiger partial charge is 0.378 e. The first kappa shape index (κ1) is 17.0. The second-order valence-electron chi connectivity index (χ2n) is 6.27. The molecule has 4 heterocycles. The summed E-state index contributed by atoms with van der Waals surface area (Å²) < 4.78 is 45.1. The van der Waals surface area contributed by atoms with Gasteiger partial charge in [0.05, 0.1) is 13.2 Å². The summed E-state index contributed by atoms with van der Waals surface area (Å²) >= 11 is 0. The molecule has 0 aliphatic carbocycles. The molecular weight excluding hydrogens is 353 g/mol. The highest BCUT2D eigenvalue weighted by Gasteiger charge is 2.39. The van der Waals surface area contributed by atoms with Gasteiger partial charge in [0, 0.05) is 19.6 Å². The van der Waals surface area contributed by atoms with E-state index in [9.17, 15) is 18.0 Å². The number of rotatable bonds is 2. The Morgan fingerprint density at radius 3 is 2.65 bits per heavy atom. The first-order valence-corrected chi connectivity index (χ1v) is 8.38. The average molecular weight is 370 g/mol. The summed E-state index contributed by atoms with van der Waals surface area (Å²) in [6.07, 6.45) is -3.24. The number of halogens is 3. The van der Waals surface area contributed by atoms with Gasteiger partial charge in [-0.1, -0.05) is 0 Å². The second kappa shape index (κ2) is 6.38. The third kappa shape index (κ3) is 2.96. The number of nitrogens with zero attached hydrogens (tertiary/aromatic N) is 6. The number of carbonyl (C=O) groups is 1. The number of alkyl halides is 3. The van der Waals surface area contributed by atoms with E-state index in [1.165, 1.54) is 6.07 Å². The molecule has 0 spiro atoms. The predicted molar refractivity (Wildman–Crippen MR) is 83.6 cm³/mol. The van der Waals surface area contributed by atoms with Crippen LogP contribution in [0.4, 0.5) is 19.0 Å². The molecule has 1 atom stereocenters. The topological polar surface area (TPSA) is 75.9 Å². The standard InChI is InChI=1S/C15H17F3N6O2/c16-15(17,18)14-20-19-11-3-4-12(21-24(11)14)23-5-1-2-10(23)13(25)22-6-8-26-9-7-22/h3-4,10H,1-2,5-9H2. The number of carbonyl (C=O) groups excluding carboxylic acids is 1. The zero-order valence-corrected chi connectivity index (χ0v) is 13.8. The Morgan fingerprint density at radius 1 is 1.15 bits per heavy atom. The van der Waals surface area contributed by atoms with Crippen LogP contribution >= 0.6 is 0 Å². The van der Waals surface area contributed by atoms with E-state index in [1.807, 2.05) is 0 Å². The van der Waals surface area contributed by atoms with E-state index >= 15 is 0 Å². The lowest BCUT2D eigenvalue weighted by molar-refractivity contribution is -0.146. The molecule has 2 aromatic heterocycles. The number of anilines is 1. The quantitative estimate of drug-likeness (QED) is 0.784. The summed E-state index contributed by atoms with van der Waals surface area (Å²) in [5.74, 6) is -0.899. The Kier molecular flexibility index (Phi) is 4.17. The molecule has 2 aliphatic rings. The third-order valence-corrected chi connectivity index (χ3v) is 4.66. The fraction of sp³-hybridized carbons (Fsp3) is 0.600. The summed E-state index contributed by atoms with van der Waals surface area (Å²) in [7, 11) is 0. The minimum absolute atomic E-state index is 0.0105. The normalized spacial score (nSPS) is 21.6. The van der Waals surface area contributed by atoms with Gasteiger partial charge in [-0.25, -0.2) is 0 Å². The van der Waals surface area contributed by atoms with Gasteiger partial charge in [-0.3, -0.25) is 4.79 Å². The largest absolute Gasteiger partial charge is 0.453 e. The van der Waals surface area contributed by atoms with Crippen LogP contribution in [0, 0.1) is 0 Å². The van der Waals surface area contributed by atoms with Gasteiger partial charge in [0.2, 0.25) is 5.91 Å². The fourth-order valence-corrected chi connectivity index (χ4v) is 3.40. The zero-order valence-electron chi connectivity index (χ0n) is 13.8. The molecular formula is C15H17F3N6O2. The summed E-state index contributed by atoms with van der Waals surface area (Å²) in [4.78, 5) is 16.3. The van der Waals surface area contributed by atoms with Crippen LogP contribution in [0.5, 0.6) is 0 Å². The van der Waals surface area contributed by atoms with E-state index in [0.717, 1.165) is 6.42 Å². The number of hydrogen-bond acceptors (Lipinski definition) is 6. The lowest BCUT2D eigenvalue weighted by Gasteiger charge is -2.32. The summed E-state index contributed by atoms with van der Waals surface area (Å²) in [6, 6.07) is 2.58. The van der Waals surface area contributed by atoms with Crippen molar-refractivity contribution in [2.75, 3.05) is 37.7 Å². The molecule has 4 rings (SSSR count). The SMILES string of the molecule is O=C(C1CCCN1c1ccc2nnc(C(F)(F)F)n2n1)N1CCOCC1. The Labute approximate surface area is 146 Å². The molecule has 26 heavy (non-hydrogen) atoms. The van der Waals surface area contributed by atoms with Gasteiger partial charge in [0.15, 0.2) is 5.65 Å². The van der Waals surface area contributed by atoms with Gasteiger partial charge >= 0.3 is 6.18 Å². The molecule has 2 saturated heterocycles. The fourth-order valence-electron chi connectivity index (χ4n) is 3.40. The van der Waals surface area contributed by atoms with Gasteiger partial charge in [-0.05, 0) is 25.0 Å². The second-order valence-corrected chi connectivity index (χ2v) is 6.27. The van der Waals surface area contributed by atoms with E-state index in [1.54, 1.807) is 15.9 Å². The van der Waals surface area contributed by atoms with Crippen molar-refractivity contribution in [3.63, 3.8) is 0 Å². The van der Waals surface area contributed by atoms with E-state index in [0.29, 0.717) is 49.6 Å². The molecule has 0 saturated carbocycles. The Morgan fingerprint density at radius 2 is 1.92 bits per heavy atom. The van der Waals surface area contributed by atoms with Gasteiger partial charge in [0.1, 0.15) is 11.9 Å². The van der Waals surface area contributed by atoms with Crippen LogP contribution in [0.1, 0.15) is 18.7 Å². The number of morpholine rings is 1. The number of amides is 1. The highest BCUT2D eigenvalue weighted by atomic mass is 19.4. The number of fused-ring (bicyclic) bond motifs is 1.